The Kier molecular flexibility index (Phi) is 4.87. The van der Waals surface area contributed by atoms with Crippen molar-refractivity contribution in [2.45, 2.75) is 13.8 Å². The van der Waals surface area contributed by atoms with Crippen molar-refractivity contribution in [3.8, 4) is 0 Å². The van der Waals surface area contributed by atoms with Crippen LogP contribution in [-0.2, 0) is 0 Å². The number of benzene rings is 1. The second kappa shape index (κ2) is 7.42. The van der Waals surface area contributed by atoms with Gasteiger partial charge in [0.25, 0.3) is 0 Å². The second-order valence-corrected chi connectivity index (χ2v) is 5.57. The molecule has 0 atom stereocenters. The quantitative estimate of drug-likeness (QED) is 0.661. The zero-order valence-corrected chi connectivity index (χ0v) is 13.7. The Morgan fingerprint density at radius 2 is 1.08 bits per heavy atom. The first kappa shape index (κ1) is 15.7. The SMILES string of the molecule is Cc1ccnc(N=Cc2ccc(C=Nc3cc(C)ccn3)cc2)c1. The molecule has 0 spiro atoms. The van der Waals surface area contributed by atoms with Gasteiger partial charge in [0.1, 0.15) is 0 Å². The number of hydrogen-bond donors (Lipinski definition) is 0. The second-order valence-electron chi connectivity index (χ2n) is 5.57. The van der Waals surface area contributed by atoms with Crippen molar-refractivity contribution in [1.82, 2.24) is 9.97 Å². The maximum atomic E-state index is 4.39. The minimum atomic E-state index is 0.714. The number of rotatable bonds is 4. The van der Waals surface area contributed by atoms with Gasteiger partial charge in [0, 0.05) is 24.8 Å². The molecule has 4 heteroatoms. The molecule has 4 nitrogen and oxygen atoms in total. The van der Waals surface area contributed by atoms with Gasteiger partial charge in [0.05, 0.1) is 0 Å². The molecule has 0 aliphatic heterocycles. The van der Waals surface area contributed by atoms with E-state index in [0.717, 1.165) is 22.3 Å². The van der Waals surface area contributed by atoms with Crippen LogP contribution in [-0.4, -0.2) is 22.4 Å². The minimum Gasteiger partial charge on any atom is -0.237 e. The number of pyridine rings is 2. The van der Waals surface area contributed by atoms with Gasteiger partial charge in [-0.25, -0.2) is 20.0 Å². The van der Waals surface area contributed by atoms with Gasteiger partial charge in [-0.2, -0.15) is 0 Å². The predicted octanol–water partition coefficient (Wildman–Crippen LogP) is 4.59. The molecular weight excluding hydrogens is 296 g/mol. The monoisotopic (exact) mass is 314 g/mol. The van der Waals surface area contributed by atoms with E-state index in [9.17, 15) is 0 Å². The Hall–Kier alpha value is -3.14. The van der Waals surface area contributed by atoms with E-state index in [1.165, 1.54) is 0 Å². The molecule has 3 rings (SSSR count). The average Bonchev–Trinajstić information content (AvgIpc) is 2.59. The van der Waals surface area contributed by atoms with E-state index in [4.69, 9.17) is 0 Å². The van der Waals surface area contributed by atoms with E-state index < -0.39 is 0 Å². The fraction of sp³-hybridized carbons (Fsp3) is 0.100. The Morgan fingerprint density at radius 3 is 1.46 bits per heavy atom. The van der Waals surface area contributed by atoms with E-state index in [-0.39, 0.29) is 0 Å². The number of aliphatic imine (C=N–C) groups is 2. The molecule has 2 heterocycles. The predicted molar refractivity (Wildman–Crippen MR) is 98.9 cm³/mol. The molecule has 0 N–H and O–H groups in total. The molecule has 0 amide bonds. The zero-order chi connectivity index (χ0) is 16.8. The van der Waals surface area contributed by atoms with Gasteiger partial charge >= 0.3 is 0 Å². The maximum Gasteiger partial charge on any atom is 0.151 e. The lowest BCUT2D eigenvalue weighted by atomic mass is 10.1. The summed E-state index contributed by atoms with van der Waals surface area (Å²) in [5, 5.41) is 0. The minimum absolute atomic E-state index is 0.714. The van der Waals surface area contributed by atoms with Crippen LogP contribution in [0.25, 0.3) is 0 Å². The fourth-order valence-corrected chi connectivity index (χ4v) is 2.13. The van der Waals surface area contributed by atoms with Crippen molar-refractivity contribution < 1.29 is 0 Å². The van der Waals surface area contributed by atoms with E-state index >= 15 is 0 Å². The molecule has 24 heavy (non-hydrogen) atoms. The summed E-state index contributed by atoms with van der Waals surface area (Å²) < 4.78 is 0. The summed E-state index contributed by atoms with van der Waals surface area (Å²) in [7, 11) is 0. The third-order valence-corrected chi connectivity index (χ3v) is 3.43. The molecule has 3 aromatic rings. The summed E-state index contributed by atoms with van der Waals surface area (Å²) >= 11 is 0. The molecule has 0 radical (unpaired) electrons. The Balaban J connectivity index is 1.69. The maximum absolute atomic E-state index is 4.39. The lowest BCUT2D eigenvalue weighted by molar-refractivity contribution is 1.25. The first-order chi connectivity index (χ1) is 11.7. The van der Waals surface area contributed by atoms with Crippen LogP contribution < -0.4 is 0 Å². The summed E-state index contributed by atoms with van der Waals surface area (Å²) in [6, 6.07) is 15.8. The first-order valence-electron chi connectivity index (χ1n) is 7.72. The number of nitrogens with zero attached hydrogens (tertiary/aromatic N) is 4. The summed E-state index contributed by atoms with van der Waals surface area (Å²) in [6.45, 7) is 4.05. The standard InChI is InChI=1S/C20H18N4/c1-15-7-9-21-19(11-15)23-13-17-3-5-18(6-4-17)14-24-20-12-16(2)8-10-22-20/h3-14H,1-2H3. The molecule has 2 aromatic heterocycles. The van der Waals surface area contributed by atoms with Gasteiger partial charge in [0.15, 0.2) is 11.6 Å². The van der Waals surface area contributed by atoms with Crippen LogP contribution in [0.5, 0.6) is 0 Å². The number of aryl methyl sites for hydroxylation is 2. The van der Waals surface area contributed by atoms with Crippen molar-refractivity contribution in [3.05, 3.63) is 83.2 Å². The molecule has 0 fully saturated rings. The van der Waals surface area contributed by atoms with Gasteiger partial charge in [-0.1, -0.05) is 24.3 Å². The smallest absolute Gasteiger partial charge is 0.151 e. The summed E-state index contributed by atoms with van der Waals surface area (Å²) in [5.74, 6) is 1.43. The highest BCUT2D eigenvalue weighted by atomic mass is 14.9. The third kappa shape index (κ3) is 4.43. The van der Waals surface area contributed by atoms with E-state index in [2.05, 4.69) is 20.0 Å². The van der Waals surface area contributed by atoms with Gasteiger partial charge in [0.2, 0.25) is 0 Å². The number of hydrogen-bond acceptors (Lipinski definition) is 4. The Morgan fingerprint density at radius 1 is 0.667 bits per heavy atom. The number of aromatic nitrogens is 2. The first-order valence-corrected chi connectivity index (χ1v) is 7.72. The molecule has 0 aliphatic rings. The van der Waals surface area contributed by atoms with Gasteiger partial charge < -0.3 is 0 Å². The fourth-order valence-electron chi connectivity index (χ4n) is 2.13. The summed E-state index contributed by atoms with van der Waals surface area (Å²) in [5.41, 5.74) is 4.33. The summed E-state index contributed by atoms with van der Waals surface area (Å²) in [6.07, 6.45) is 7.15. The molecular formula is C20H18N4. The van der Waals surface area contributed by atoms with Crippen molar-refractivity contribution in [3.63, 3.8) is 0 Å². The van der Waals surface area contributed by atoms with Crippen molar-refractivity contribution in [1.29, 1.82) is 0 Å². The van der Waals surface area contributed by atoms with E-state index in [0.29, 0.717) is 11.6 Å². The molecule has 118 valence electrons. The highest BCUT2D eigenvalue weighted by molar-refractivity contribution is 5.85. The lowest BCUT2D eigenvalue weighted by Gasteiger charge is -1.97. The third-order valence-electron chi connectivity index (χ3n) is 3.43. The highest BCUT2D eigenvalue weighted by Gasteiger charge is 1.94. The molecule has 0 bridgehead atoms. The van der Waals surface area contributed by atoms with Gasteiger partial charge in [-0.15, -0.1) is 0 Å². The van der Waals surface area contributed by atoms with Crippen LogP contribution in [0.2, 0.25) is 0 Å². The van der Waals surface area contributed by atoms with Crippen molar-refractivity contribution in [2.75, 3.05) is 0 Å². The molecule has 0 unspecified atom stereocenters. The molecule has 0 saturated carbocycles. The molecule has 1 aromatic carbocycles. The summed E-state index contributed by atoms with van der Waals surface area (Å²) in [4.78, 5) is 17.2. The van der Waals surface area contributed by atoms with Crippen LogP contribution in [0, 0.1) is 13.8 Å². The normalized spacial score (nSPS) is 11.4. The Bertz CT molecular complexity index is 806. The van der Waals surface area contributed by atoms with E-state index in [1.807, 2.05) is 74.8 Å². The van der Waals surface area contributed by atoms with Crippen molar-refractivity contribution >= 4 is 24.1 Å². The lowest BCUT2D eigenvalue weighted by Crippen LogP contribution is -1.85. The zero-order valence-electron chi connectivity index (χ0n) is 13.7. The van der Waals surface area contributed by atoms with Gasteiger partial charge in [-0.3, -0.25) is 0 Å². The van der Waals surface area contributed by atoms with Crippen LogP contribution in [0.3, 0.4) is 0 Å². The van der Waals surface area contributed by atoms with E-state index in [1.54, 1.807) is 12.4 Å². The van der Waals surface area contributed by atoms with Crippen LogP contribution in [0.4, 0.5) is 11.6 Å². The van der Waals surface area contributed by atoms with Crippen molar-refractivity contribution in [2.24, 2.45) is 9.98 Å². The molecule has 0 aliphatic carbocycles. The van der Waals surface area contributed by atoms with Gasteiger partial charge in [-0.05, 0) is 60.4 Å². The largest absolute Gasteiger partial charge is 0.237 e. The van der Waals surface area contributed by atoms with Crippen LogP contribution in [0.1, 0.15) is 22.3 Å². The average molecular weight is 314 g/mol. The molecule has 0 saturated heterocycles. The topological polar surface area (TPSA) is 50.5 Å². The van der Waals surface area contributed by atoms with Crippen LogP contribution >= 0.6 is 0 Å². The highest BCUT2D eigenvalue weighted by Crippen LogP contribution is 2.11. The Labute approximate surface area is 141 Å². The van der Waals surface area contributed by atoms with Crippen LogP contribution in [0.15, 0.2) is 70.9 Å².